The van der Waals surface area contributed by atoms with Crippen molar-refractivity contribution in [2.75, 3.05) is 24.7 Å². The van der Waals surface area contributed by atoms with Crippen molar-refractivity contribution in [2.24, 2.45) is 7.05 Å². The van der Waals surface area contributed by atoms with E-state index in [1.807, 2.05) is 0 Å². The van der Waals surface area contributed by atoms with E-state index >= 15 is 0 Å². The number of nitrogens with zero attached hydrogens (tertiary/aromatic N) is 4. The van der Waals surface area contributed by atoms with Crippen LogP contribution in [-0.2, 0) is 21.6 Å². The molecule has 2 unspecified atom stereocenters. The molecule has 2 fully saturated rings. The molecular formula is C9H15N5O3S. The summed E-state index contributed by atoms with van der Waals surface area (Å²) >= 11 is 0. The summed E-state index contributed by atoms with van der Waals surface area (Å²) in [6, 6.07) is -0.275. The molecule has 1 spiro atoms. The van der Waals surface area contributed by atoms with E-state index in [9.17, 15) is 8.42 Å². The average Bonchev–Trinajstić information content (AvgIpc) is 2.85. The van der Waals surface area contributed by atoms with Gasteiger partial charge in [-0.25, -0.2) is 13.1 Å². The zero-order valence-electron chi connectivity index (χ0n) is 10.0. The first-order valence-electron chi connectivity index (χ1n) is 5.82. The molecular weight excluding hydrogens is 258 g/mol. The van der Waals surface area contributed by atoms with Gasteiger partial charge in [0.25, 0.3) is 0 Å². The van der Waals surface area contributed by atoms with Gasteiger partial charge in [0.1, 0.15) is 5.60 Å². The third-order valence-electron chi connectivity index (χ3n) is 3.58. The molecule has 3 heterocycles. The van der Waals surface area contributed by atoms with Crippen LogP contribution in [0.5, 0.6) is 0 Å². The van der Waals surface area contributed by atoms with Crippen molar-refractivity contribution in [2.45, 2.75) is 18.1 Å². The molecule has 2 saturated heterocycles. The minimum Gasteiger partial charge on any atom is -0.370 e. The van der Waals surface area contributed by atoms with Crippen LogP contribution in [0.3, 0.4) is 0 Å². The Hall–Kier alpha value is -1.06. The summed E-state index contributed by atoms with van der Waals surface area (Å²) in [4.78, 5) is 0. The van der Waals surface area contributed by atoms with Gasteiger partial charge >= 0.3 is 0 Å². The van der Waals surface area contributed by atoms with Crippen LogP contribution in [-0.4, -0.2) is 58.9 Å². The fourth-order valence-corrected chi connectivity index (χ4v) is 4.66. The highest BCUT2D eigenvalue weighted by Crippen LogP contribution is 2.39. The van der Waals surface area contributed by atoms with E-state index in [4.69, 9.17) is 4.74 Å². The number of rotatable bonds is 1. The Labute approximate surface area is 105 Å². The predicted octanol–water partition coefficient (Wildman–Crippen LogP) is -1.57. The van der Waals surface area contributed by atoms with Crippen molar-refractivity contribution in [3.63, 3.8) is 0 Å². The molecule has 0 amide bonds. The Kier molecular flexibility index (Phi) is 2.65. The smallest absolute Gasteiger partial charge is 0.170 e. The van der Waals surface area contributed by atoms with Crippen molar-refractivity contribution >= 4 is 9.84 Å². The number of nitrogens with one attached hydrogen (secondary N) is 1. The Morgan fingerprint density at radius 2 is 2.39 bits per heavy atom. The number of morpholine rings is 1. The van der Waals surface area contributed by atoms with E-state index in [2.05, 4.69) is 20.8 Å². The van der Waals surface area contributed by atoms with Crippen LogP contribution in [0.15, 0.2) is 0 Å². The van der Waals surface area contributed by atoms with Crippen molar-refractivity contribution in [3.8, 4) is 0 Å². The van der Waals surface area contributed by atoms with E-state index in [1.165, 1.54) is 0 Å². The normalized spacial score (nSPS) is 35.1. The van der Waals surface area contributed by atoms with Crippen LogP contribution < -0.4 is 5.32 Å². The summed E-state index contributed by atoms with van der Waals surface area (Å²) in [5, 5.41) is 14.6. The lowest BCUT2D eigenvalue weighted by molar-refractivity contribution is -0.0828. The van der Waals surface area contributed by atoms with E-state index in [1.54, 1.807) is 11.7 Å². The number of ether oxygens (including phenoxy) is 1. The van der Waals surface area contributed by atoms with Gasteiger partial charge in [-0.1, -0.05) is 0 Å². The van der Waals surface area contributed by atoms with Crippen LogP contribution in [0.25, 0.3) is 0 Å². The second kappa shape index (κ2) is 3.97. The highest BCUT2D eigenvalue weighted by Gasteiger charge is 2.52. The van der Waals surface area contributed by atoms with Gasteiger partial charge in [-0.15, -0.1) is 5.10 Å². The fraction of sp³-hybridized carbons (Fsp3) is 0.889. The first-order valence-corrected chi connectivity index (χ1v) is 7.65. The molecule has 1 N–H and O–H groups in total. The van der Waals surface area contributed by atoms with Crippen LogP contribution in [0, 0.1) is 0 Å². The highest BCUT2D eigenvalue weighted by atomic mass is 32.2. The van der Waals surface area contributed by atoms with Gasteiger partial charge in [-0.3, -0.25) is 0 Å². The number of hydrogen-bond donors (Lipinski definition) is 1. The number of sulfone groups is 1. The lowest BCUT2D eigenvalue weighted by Crippen LogP contribution is -2.53. The minimum atomic E-state index is -3.03. The molecule has 0 saturated carbocycles. The Bertz CT molecular complexity index is 556. The largest absolute Gasteiger partial charge is 0.370 e. The van der Waals surface area contributed by atoms with Gasteiger partial charge in [-0.2, -0.15) is 0 Å². The molecule has 2 atom stereocenters. The third-order valence-corrected chi connectivity index (χ3v) is 5.33. The summed E-state index contributed by atoms with van der Waals surface area (Å²) in [5.74, 6) is 0.813. The van der Waals surface area contributed by atoms with E-state index in [-0.39, 0.29) is 17.5 Å². The van der Waals surface area contributed by atoms with Crippen LogP contribution >= 0.6 is 0 Å². The molecule has 0 aromatic carbocycles. The SMILES string of the molecule is Cn1nnnc1C1NCCOC12CCS(=O)(=O)C2. The van der Waals surface area contributed by atoms with Crippen LogP contribution in [0.2, 0.25) is 0 Å². The van der Waals surface area contributed by atoms with Gasteiger partial charge < -0.3 is 10.1 Å². The average molecular weight is 273 g/mol. The maximum atomic E-state index is 11.7. The van der Waals surface area contributed by atoms with Gasteiger partial charge in [0.05, 0.1) is 24.2 Å². The molecule has 100 valence electrons. The van der Waals surface area contributed by atoms with Gasteiger partial charge in [0.15, 0.2) is 15.7 Å². The quantitative estimate of drug-likeness (QED) is 0.659. The Balaban J connectivity index is 1.99. The standard InChI is InChI=1S/C9H15N5O3S/c1-14-8(11-12-13-14)7-9(17-4-3-10-7)2-5-18(15,16)6-9/h7,10H,2-6H2,1H3. The first kappa shape index (κ1) is 12.0. The molecule has 0 radical (unpaired) electrons. The molecule has 8 nitrogen and oxygen atoms in total. The van der Waals surface area contributed by atoms with E-state index in [0.717, 1.165) is 0 Å². The fourth-order valence-electron chi connectivity index (χ4n) is 2.72. The first-order chi connectivity index (χ1) is 8.53. The summed E-state index contributed by atoms with van der Waals surface area (Å²) in [6.07, 6.45) is 0.486. The van der Waals surface area contributed by atoms with E-state index < -0.39 is 15.4 Å². The Morgan fingerprint density at radius 3 is 3.00 bits per heavy atom. The van der Waals surface area contributed by atoms with Crippen molar-refractivity contribution in [3.05, 3.63) is 5.82 Å². The summed E-state index contributed by atoms with van der Waals surface area (Å²) in [6.45, 7) is 1.18. The van der Waals surface area contributed by atoms with Crippen LogP contribution in [0.4, 0.5) is 0 Å². The van der Waals surface area contributed by atoms with Crippen molar-refractivity contribution in [1.82, 2.24) is 25.5 Å². The number of aromatic nitrogens is 4. The highest BCUT2D eigenvalue weighted by molar-refractivity contribution is 7.91. The molecule has 1 aromatic rings. The lowest BCUT2D eigenvalue weighted by atomic mass is 9.91. The summed E-state index contributed by atoms with van der Waals surface area (Å²) in [5.41, 5.74) is -0.723. The molecule has 9 heteroatoms. The van der Waals surface area contributed by atoms with Gasteiger partial charge in [-0.05, 0) is 16.8 Å². The summed E-state index contributed by atoms with van der Waals surface area (Å²) < 4.78 is 30.8. The van der Waals surface area contributed by atoms with Crippen LogP contribution in [0.1, 0.15) is 18.3 Å². The zero-order valence-corrected chi connectivity index (χ0v) is 10.9. The molecule has 2 aliphatic heterocycles. The van der Waals surface area contributed by atoms with Gasteiger partial charge in [0, 0.05) is 13.6 Å². The van der Waals surface area contributed by atoms with E-state index in [0.29, 0.717) is 25.4 Å². The van der Waals surface area contributed by atoms with Crippen molar-refractivity contribution < 1.29 is 13.2 Å². The van der Waals surface area contributed by atoms with Gasteiger partial charge in [0.2, 0.25) is 0 Å². The monoisotopic (exact) mass is 273 g/mol. The topological polar surface area (TPSA) is 99.0 Å². The molecule has 0 aliphatic carbocycles. The lowest BCUT2D eigenvalue weighted by Gasteiger charge is -2.40. The summed E-state index contributed by atoms with van der Waals surface area (Å²) in [7, 11) is -1.30. The zero-order chi connectivity index (χ0) is 12.8. The molecule has 1 aromatic heterocycles. The number of hydrogen-bond acceptors (Lipinski definition) is 7. The maximum absolute atomic E-state index is 11.7. The molecule has 2 aliphatic rings. The number of tetrazole rings is 1. The predicted molar refractivity (Wildman–Crippen MR) is 61.5 cm³/mol. The number of aryl methyl sites for hydroxylation is 1. The molecule has 3 rings (SSSR count). The maximum Gasteiger partial charge on any atom is 0.170 e. The Morgan fingerprint density at radius 1 is 1.56 bits per heavy atom. The minimum absolute atomic E-state index is 0.0323. The second-order valence-electron chi connectivity index (χ2n) is 4.80. The molecule has 18 heavy (non-hydrogen) atoms. The van der Waals surface area contributed by atoms with Crippen molar-refractivity contribution in [1.29, 1.82) is 0 Å². The molecule has 0 bridgehead atoms. The third kappa shape index (κ3) is 1.82. The second-order valence-corrected chi connectivity index (χ2v) is 6.99.